The van der Waals surface area contributed by atoms with Crippen molar-refractivity contribution in [2.24, 2.45) is 7.05 Å². The molecule has 0 radical (unpaired) electrons. The molecule has 0 amide bonds. The van der Waals surface area contributed by atoms with Crippen molar-refractivity contribution in [2.75, 3.05) is 6.61 Å². The van der Waals surface area contributed by atoms with E-state index in [-0.39, 0.29) is 12.3 Å². The third kappa shape index (κ3) is 2.60. The molecule has 0 atom stereocenters. The van der Waals surface area contributed by atoms with Gasteiger partial charge in [0.1, 0.15) is 0 Å². The first-order valence-electron chi connectivity index (χ1n) is 3.67. The maximum atomic E-state index is 11.1. The topological polar surface area (TPSA) is 57.0 Å². The SMILES string of the molecule is CC#CCOC(=O)c1cn(C)nn1. The summed E-state index contributed by atoms with van der Waals surface area (Å²) in [6.45, 7) is 1.77. The lowest BCUT2D eigenvalue weighted by Crippen LogP contribution is -2.05. The van der Waals surface area contributed by atoms with Gasteiger partial charge in [-0.15, -0.1) is 11.0 Å². The highest BCUT2D eigenvalue weighted by atomic mass is 16.5. The molecule has 0 aliphatic carbocycles. The molecule has 68 valence electrons. The lowest BCUT2D eigenvalue weighted by Gasteiger charge is -1.94. The van der Waals surface area contributed by atoms with Crippen LogP contribution >= 0.6 is 0 Å². The fourth-order valence-corrected chi connectivity index (χ4v) is 0.689. The number of hydrogen-bond acceptors (Lipinski definition) is 4. The zero-order valence-corrected chi connectivity index (χ0v) is 7.44. The molecule has 0 aliphatic rings. The monoisotopic (exact) mass is 179 g/mol. The quantitative estimate of drug-likeness (QED) is 0.473. The molecular weight excluding hydrogens is 170 g/mol. The minimum Gasteiger partial charge on any atom is -0.448 e. The Labute approximate surface area is 75.7 Å². The van der Waals surface area contributed by atoms with E-state index >= 15 is 0 Å². The molecule has 1 aromatic rings. The number of esters is 1. The van der Waals surface area contributed by atoms with Crippen molar-refractivity contribution in [2.45, 2.75) is 6.92 Å². The summed E-state index contributed by atoms with van der Waals surface area (Å²) in [4.78, 5) is 11.1. The number of ether oxygens (including phenoxy) is 1. The van der Waals surface area contributed by atoms with Crippen LogP contribution in [0.4, 0.5) is 0 Å². The third-order valence-corrected chi connectivity index (χ3v) is 1.26. The summed E-state index contributed by atoms with van der Waals surface area (Å²) >= 11 is 0. The van der Waals surface area contributed by atoms with Crippen LogP contribution in [0.15, 0.2) is 6.20 Å². The van der Waals surface area contributed by atoms with Gasteiger partial charge in [-0.1, -0.05) is 11.1 Å². The minimum atomic E-state index is -0.504. The average Bonchev–Trinajstić information content (AvgIpc) is 2.52. The Kier molecular flexibility index (Phi) is 3.03. The molecule has 0 saturated carbocycles. The molecule has 0 saturated heterocycles. The van der Waals surface area contributed by atoms with Crippen LogP contribution in [0.1, 0.15) is 17.4 Å². The first-order chi connectivity index (χ1) is 6.24. The molecule has 0 aliphatic heterocycles. The van der Waals surface area contributed by atoms with Gasteiger partial charge in [0, 0.05) is 7.05 Å². The molecule has 5 heteroatoms. The maximum Gasteiger partial charge on any atom is 0.361 e. The summed E-state index contributed by atoms with van der Waals surface area (Å²) < 4.78 is 6.19. The van der Waals surface area contributed by atoms with Crippen molar-refractivity contribution in [1.82, 2.24) is 15.0 Å². The van der Waals surface area contributed by atoms with Crippen LogP contribution in [0.3, 0.4) is 0 Å². The van der Waals surface area contributed by atoms with Crippen LogP contribution in [0.5, 0.6) is 0 Å². The van der Waals surface area contributed by atoms with Gasteiger partial charge in [-0.3, -0.25) is 4.68 Å². The van der Waals surface area contributed by atoms with Crippen LogP contribution in [0, 0.1) is 11.8 Å². The molecule has 5 nitrogen and oxygen atoms in total. The average molecular weight is 179 g/mol. The molecule has 0 aromatic carbocycles. The van der Waals surface area contributed by atoms with Crippen LogP contribution in [-0.4, -0.2) is 27.6 Å². The summed E-state index contributed by atoms with van der Waals surface area (Å²) in [7, 11) is 1.68. The predicted octanol–water partition coefficient (Wildman–Crippen LogP) is -0.00480. The fraction of sp³-hybridized carbons (Fsp3) is 0.375. The normalized spacial score (nSPS) is 8.77. The van der Waals surface area contributed by atoms with Crippen molar-refractivity contribution < 1.29 is 9.53 Å². The Bertz CT molecular complexity index is 359. The van der Waals surface area contributed by atoms with Crippen LogP contribution < -0.4 is 0 Å². The Hall–Kier alpha value is -1.83. The van der Waals surface area contributed by atoms with Gasteiger partial charge in [-0.25, -0.2) is 4.79 Å². The Morgan fingerprint density at radius 3 is 3.08 bits per heavy atom. The first kappa shape index (κ1) is 9.26. The number of carbonyl (C=O) groups excluding carboxylic acids is 1. The molecule has 1 aromatic heterocycles. The molecule has 13 heavy (non-hydrogen) atoms. The van der Waals surface area contributed by atoms with Crippen molar-refractivity contribution in [3.63, 3.8) is 0 Å². The van der Waals surface area contributed by atoms with Crippen molar-refractivity contribution in [1.29, 1.82) is 0 Å². The van der Waals surface area contributed by atoms with Gasteiger partial charge in [-0.05, 0) is 6.92 Å². The lowest BCUT2D eigenvalue weighted by atomic mass is 10.5. The molecule has 0 unspecified atom stereocenters. The number of nitrogens with zero attached hydrogens (tertiary/aromatic N) is 3. The fourth-order valence-electron chi connectivity index (χ4n) is 0.689. The van der Waals surface area contributed by atoms with E-state index in [1.165, 1.54) is 10.9 Å². The van der Waals surface area contributed by atoms with Gasteiger partial charge in [-0.2, -0.15) is 0 Å². The zero-order valence-electron chi connectivity index (χ0n) is 7.44. The van der Waals surface area contributed by atoms with E-state index in [4.69, 9.17) is 4.74 Å². The van der Waals surface area contributed by atoms with E-state index in [9.17, 15) is 4.79 Å². The summed E-state index contributed by atoms with van der Waals surface area (Å²) in [5.74, 6) is 4.72. The lowest BCUT2D eigenvalue weighted by molar-refractivity contribution is 0.0549. The second kappa shape index (κ2) is 4.26. The summed E-state index contributed by atoms with van der Waals surface area (Å²) in [5.41, 5.74) is 0.195. The molecule has 0 spiro atoms. The number of hydrogen-bond donors (Lipinski definition) is 0. The summed E-state index contributed by atoms with van der Waals surface area (Å²) in [6.07, 6.45) is 1.49. The number of aromatic nitrogens is 3. The molecule has 0 fully saturated rings. The van der Waals surface area contributed by atoms with Gasteiger partial charge in [0.05, 0.1) is 6.20 Å². The van der Waals surface area contributed by atoms with Crippen molar-refractivity contribution in [3.8, 4) is 11.8 Å². The Morgan fingerprint density at radius 1 is 1.77 bits per heavy atom. The standard InChI is InChI=1S/C8H9N3O2/c1-3-4-5-13-8(12)7-6-11(2)10-9-7/h6H,5H2,1-2H3. The zero-order chi connectivity index (χ0) is 9.68. The van der Waals surface area contributed by atoms with Gasteiger partial charge in [0.25, 0.3) is 0 Å². The van der Waals surface area contributed by atoms with Gasteiger partial charge < -0.3 is 4.74 Å². The first-order valence-corrected chi connectivity index (χ1v) is 3.67. The number of rotatable bonds is 2. The molecular formula is C8H9N3O2. The third-order valence-electron chi connectivity index (χ3n) is 1.26. The highest BCUT2D eigenvalue weighted by Crippen LogP contribution is 1.94. The van der Waals surface area contributed by atoms with E-state index in [2.05, 4.69) is 22.2 Å². The smallest absolute Gasteiger partial charge is 0.361 e. The second-order valence-electron chi connectivity index (χ2n) is 2.28. The number of aryl methyl sites for hydroxylation is 1. The second-order valence-corrected chi connectivity index (χ2v) is 2.28. The van der Waals surface area contributed by atoms with Crippen LogP contribution in [0.2, 0.25) is 0 Å². The van der Waals surface area contributed by atoms with Gasteiger partial charge >= 0.3 is 5.97 Å². The molecule has 0 bridgehead atoms. The van der Waals surface area contributed by atoms with Gasteiger partial charge in [0.2, 0.25) is 0 Å². The van der Waals surface area contributed by atoms with E-state index in [0.29, 0.717) is 0 Å². The van der Waals surface area contributed by atoms with E-state index in [0.717, 1.165) is 0 Å². The van der Waals surface area contributed by atoms with Crippen molar-refractivity contribution in [3.05, 3.63) is 11.9 Å². The molecule has 0 N–H and O–H groups in total. The maximum absolute atomic E-state index is 11.1. The molecule has 1 heterocycles. The van der Waals surface area contributed by atoms with Crippen LogP contribution in [0.25, 0.3) is 0 Å². The summed E-state index contributed by atoms with van der Waals surface area (Å²) in [5, 5.41) is 7.18. The summed E-state index contributed by atoms with van der Waals surface area (Å²) in [6, 6.07) is 0. The van der Waals surface area contributed by atoms with Crippen LogP contribution in [-0.2, 0) is 11.8 Å². The van der Waals surface area contributed by atoms with E-state index < -0.39 is 5.97 Å². The van der Waals surface area contributed by atoms with Crippen molar-refractivity contribution >= 4 is 5.97 Å². The van der Waals surface area contributed by atoms with Gasteiger partial charge in [0.15, 0.2) is 12.3 Å². The Balaban J connectivity index is 2.52. The highest BCUT2D eigenvalue weighted by Gasteiger charge is 2.09. The minimum absolute atomic E-state index is 0.0892. The van der Waals surface area contributed by atoms with E-state index in [1.54, 1.807) is 14.0 Å². The Morgan fingerprint density at radius 2 is 2.54 bits per heavy atom. The molecule has 1 rings (SSSR count). The largest absolute Gasteiger partial charge is 0.448 e. The van der Waals surface area contributed by atoms with E-state index in [1.807, 2.05) is 0 Å². The number of carbonyl (C=O) groups is 1. The highest BCUT2D eigenvalue weighted by molar-refractivity contribution is 5.86. The predicted molar refractivity (Wildman–Crippen MR) is 44.7 cm³/mol.